The SMILES string of the molecule is Cc1ccc(NCC(=O)NN=Cc2cc(Br)cc(Cl)c2O)cc1. The third-order valence-electron chi connectivity index (χ3n) is 2.96. The van der Waals surface area contributed by atoms with E-state index >= 15 is 0 Å². The molecule has 0 heterocycles. The van der Waals surface area contributed by atoms with Crippen molar-refractivity contribution in [3.8, 4) is 5.75 Å². The van der Waals surface area contributed by atoms with Gasteiger partial charge in [0.1, 0.15) is 5.75 Å². The summed E-state index contributed by atoms with van der Waals surface area (Å²) >= 11 is 9.12. The third kappa shape index (κ3) is 5.26. The van der Waals surface area contributed by atoms with E-state index in [2.05, 4.69) is 31.8 Å². The maximum Gasteiger partial charge on any atom is 0.259 e. The number of halogens is 2. The maximum absolute atomic E-state index is 11.7. The van der Waals surface area contributed by atoms with Gasteiger partial charge in [-0.05, 0) is 31.2 Å². The molecule has 1 amide bonds. The third-order valence-corrected chi connectivity index (χ3v) is 3.70. The molecule has 0 fully saturated rings. The average Bonchev–Trinajstić information content (AvgIpc) is 2.51. The van der Waals surface area contributed by atoms with Crippen molar-refractivity contribution >= 4 is 45.3 Å². The molecule has 2 rings (SSSR count). The number of carbonyl (C=O) groups excluding carboxylic acids is 1. The zero-order valence-electron chi connectivity index (χ0n) is 12.3. The van der Waals surface area contributed by atoms with Crippen LogP contribution in [0, 0.1) is 6.92 Å². The summed E-state index contributed by atoms with van der Waals surface area (Å²) in [5, 5.41) is 16.8. The molecular formula is C16H15BrClN3O2. The van der Waals surface area contributed by atoms with Gasteiger partial charge in [0.15, 0.2) is 0 Å². The van der Waals surface area contributed by atoms with Crippen LogP contribution in [-0.4, -0.2) is 23.8 Å². The first-order valence-corrected chi connectivity index (χ1v) is 7.93. The fraction of sp³-hybridized carbons (Fsp3) is 0.125. The number of rotatable bonds is 5. The van der Waals surface area contributed by atoms with E-state index < -0.39 is 0 Å². The number of amides is 1. The monoisotopic (exact) mass is 395 g/mol. The predicted octanol–water partition coefficient (Wildman–Crippen LogP) is 3.68. The van der Waals surface area contributed by atoms with Gasteiger partial charge in [-0.15, -0.1) is 0 Å². The quantitative estimate of drug-likeness (QED) is 0.533. The van der Waals surface area contributed by atoms with Gasteiger partial charge in [0.2, 0.25) is 0 Å². The van der Waals surface area contributed by atoms with Crippen LogP contribution in [0.1, 0.15) is 11.1 Å². The van der Waals surface area contributed by atoms with Gasteiger partial charge in [-0.25, -0.2) is 5.43 Å². The van der Waals surface area contributed by atoms with Crippen LogP contribution in [0.4, 0.5) is 5.69 Å². The van der Waals surface area contributed by atoms with E-state index in [1.54, 1.807) is 12.1 Å². The molecule has 0 unspecified atom stereocenters. The molecule has 3 N–H and O–H groups in total. The number of phenols is 1. The number of nitrogens with one attached hydrogen (secondary N) is 2. The Hall–Kier alpha value is -2.05. The molecule has 0 atom stereocenters. The Morgan fingerprint density at radius 2 is 2.04 bits per heavy atom. The zero-order chi connectivity index (χ0) is 16.8. The molecule has 0 saturated heterocycles. The minimum atomic E-state index is -0.303. The van der Waals surface area contributed by atoms with Crippen LogP contribution in [0.15, 0.2) is 46.0 Å². The van der Waals surface area contributed by atoms with Crippen molar-refractivity contribution in [3.63, 3.8) is 0 Å². The molecule has 0 radical (unpaired) electrons. The van der Waals surface area contributed by atoms with Crippen LogP contribution in [0.25, 0.3) is 0 Å². The van der Waals surface area contributed by atoms with Crippen LogP contribution in [0.2, 0.25) is 5.02 Å². The Balaban J connectivity index is 1.88. The highest BCUT2D eigenvalue weighted by molar-refractivity contribution is 9.10. The first-order valence-electron chi connectivity index (χ1n) is 6.76. The number of aryl methyl sites for hydroxylation is 1. The summed E-state index contributed by atoms with van der Waals surface area (Å²) in [5.41, 5.74) is 4.78. The van der Waals surface area contributed by atoms with Gasteiger partial charge in [-0.1, -0.05) is 45.2 Å². The minimum absolute atomic E-state index is 0.0889. The van der Waals surface area contributed by atoms with Gasteiger partial charge in [-0.3, -0.25) is 4.79 Å². The van der Waals surface area contributed by atoms with Gasteiger partial charge in [0.05, 0.1) is 17.8 Å². The van der Waals surface area contributed by atoms with Crippen LogP contribution >= 0.6 is 27.5 Å². The normalized spacial score (nSPS) is 10.7. The van der Waals surface area contributed by atoms with E-state index in [0.29, 0.717) is 10.0 Å². The van der Waals surface area contributed by atoms with E-state index in [9.17, 15) is 9.90 Å². The van der Waals surface area contributed by atoms with Crippen molar-refractivity contribution in [2.24, 2.45) is 5.10 Å². The van der Waals surface area contributed by atoms with E-state index in [0.717, 1.165) is 11.3 Å². The zero-order valence-corrected chi connectivity index (χ0v) is 14.6. The molecule has 120 valence electrons. The number of benzene rings is 2. The molecule has 0 aliphatic heterocycles. The Labute approximate surface area is 147 Å². The lowest BCUT2D eigenvalue weighted by Crippen LogP contribution is -2.25. The molecule has 2 aromatic carbocycles. The molecular weight excluding hydrogens is 382 g/mol. The van der Waals surface area contributed by atoms with E-state index in [-0.39, 0.29) is 23.2 Å². The standard InChI is InChI=1S/C16H15BrClN3O2/c1-10-2-4-13(5-3-10)19-9-15(22)21-20-8-11-6-12(17)7-14(18)16(11)23/h2-8,19,23H,9H2,1H3,(H,21,22). The summed E-state index contributed by atoms with van der Waals surface area (Å²) in [7, 11) is 0. The fourth-order valence-corrected chi connectivity index (χ4v) is 2.59. The van der Waals surface area contributed by atoms with Gasteiger partial charge in [0, 0.05) is 15.7 Å². The number of hydrogen-bond donors (Lipinski definition) is 3. The van der Waals surface area contributed by atoms with E-state index in [1.165, 1.54) is 6.21 Å². The molecule has 2 aromatic rings. The van der Waals surface area contributed by atoms with Crippen molar-refractivity contribution in [1.29, 1.82) is 0 Å². The first-order chi connectivity index (χ1) is 11.0. The topological polar surface area (TPSA) is 73.7 Å². The molecule has 0 aliphatic carbocycles. The number of phenolic OH excluding ortho intramolecular Hbond substituents is 1. The van der Waals surface area contributed by atoms with Gasteiger partial charge < -0.3 is 10.4 Å². The fourth-order valence-electron chi connectivity index (χ4n) is 1.75. The summed E-state index contributed by atoms with van der Waals surface area (Å²) in [6.07, 6.45) is 1.33. The highest BCUT2D eigenvalue weighted by atomic mass is 79.9. The number of hydrogen-bond acceptors (Lipinski definition) is 4. The largest absolute Gasteiger partial charge is 0.506 e. The highest BCUT2D eigenvalue weighted by Crippen LogP contribution is 2.30. The van der Waals surface area contributed by atoms with Crippen molar-refractivity contribution in [2.45, 2.75) is 6.92 Å². The summed E-state index contributed by atoms with van der Waals surface area (Å²) < 4.78 is 0.703. The molecule has 0 aromatic heterocycles. The summed E-state index contributed by atoms with van der Waals surface area (Å²) in [4.78, 5) is 11.7. The first kappa shape index (κ1) is 17.3. The molecule has 0 saturated carbocycles. The van der Waals surface area contributed by atoms with Crippen molar-refractivity contribution in [3.05, 3.63) is 57.0 Å². The Kier molecular flexibility index (Phi) is 6.01. The average molecular weight is 397 g/mol. The van der Waals surface area contributed by atoms with Crippen LogP contribution in [0.5, 0.6) is 5.75 Å². The Bertz CT molecular complexity index is 733. The Morgan fingerprint density at radius 1 is 1.35 bits per heavy atom. The van der Waals surface area contributed by atoms with Crippen LogP contribution < -0.4 is 10.7 Å². The van der Waals surface area contributed by atoms with Crippen molar-refractivity contribution < 1.29 is 9.90 Å². The Morgan fingerprint density at radius 3 is 2.74 bits per heavy atom. The van der Waals surface area contributed by atoms with Crippen LogP contribution in [-0.2, 0) is 4.79 Å². The number of carbonyl (C=O) groups is 1. The molecule has 23 heavy (non-hydrogen) atoms. The van der Waals surface area contributed by atoms with Gasteiger partial charge in [-0.2, -0.15) is 5.10 Å². The lowest BCUT2D eigenvalue weighted by molar-refractivity contribution is -0.119. The van der Waals surface area contributed by atoms with Crippen molar-refractivity contribution in [1.82, 2.24) is 5.43 Å². The molecule has 0 bridgehead atoms. The number of anilines is 1. The number of hydrazone groups is 1. The van der Waals surface area contributed by atoms with E-state index in [4.69, 9.17) is 11.6 Å². The lowest BCUT2D eigenvalue weighted by Gasteiger charge is -2.06. The minimum Gasteiger partial charge on any atom is -0.506 e. The molecule has 5 nitrogen and oxygen atoms in total. The lowest BCUT2D eigenvalue weighted by atomic mass is 10.2. The summed E-state index contributed by atoms with van der Waals surface area (Å²) in [6, 6.07) is 10.9. The molecule has 7 heteroatoms. The van der Waals surface area contributed by atoms with Crippen LogP contribution in [0.3, 0.4) is 0 Å². The predicted molar refractivity (Wildman–Crippen MR) is 96.2 cm³/mol. The second-order valence-electron chi connectivity index (χ2n) is 4.84. The summed E-state index contributed by atoms with van der Waals surface area (Å²) in [6.45, 7) is 2.08. The van der Waals surface area contributed by atoms with E-state index in [1.807, 2.05) is 31.2 Å². The summed E-state index contributed by atoms with van der Waals surface area (Å²) in [5.74, 6) is -0.395. The second kappa shape index (κ2) is 7.99. The molecule has 0 spiro atoms. The van der Waals surface area contributed by atoms with Gasteiger partial charge >= 0.3 is 0 Å². The smallest absolute Gasteiger partial charge is 0.259 e. The number of nitrogens with zero attached hydrogens (tertiary/aromatic N) is 1. The molecule has 0 aliphatic rings. The second-order valence-corrected chi connectivity index (χ2v) is 6.16. The maximum atomic E-state index is 11.7. The van der Waals surface area contributed by atoms with Gasteiger partial charge in [0.25, 0.3) is 5.91 Å². The number of aromatic hydroxyl groups is 1. The van der Waals surface area contributed by atoms with Crippen molar-refractivity contribution in [2.75, 3.05) is 11.9 Å². The highest BCUT2D eigenvalue weighted by Gasteiger charge is 2.06.